The third kappa shape index (κ3) is 3.46. The Morgan fingerprint density at radius 3 is 2.50 bits per heavy atom. The Kier molecular flexibility index (Phi) is 4.74. The van der Waals surface area contributed by atoms with Gasteiger partial charge in [0.05, 0.1) is 5.60 Å². The van der Waals surface area contributed by atoms with Crippen molar-refractivity contribution >= 4 is 5.91 Å². The molecule has 1 amide bonds. The van der Waals surface area contributed by atoms with Crippen LogP contribution in [0.25, 0.3) is 0 Å². The van der Waals surface area contributed by atoms with Crippen LogP contribution in [0.3, 0.4) is 0 Å². The Balaban J connectivity index is 2.36. The quantitative estimate of drug-likeness (QED) is 0.738. The molecular formula is C12H24N2O2. The van der Waals surface area contributed by atoms with Crippen LogP contribution in [0.4, 0.5) is 0 Å². The lowest BCUT2D eigenvalue weighted by Gasteiger charge is -2.39. The Morgan fingerprint density at radius 1 is 1.50 bits per heavy atom. The lowest BCUT2D eigenvalue weighted by molar-refractivity contribution is -0.147. The summed E-state index contributed by atoms with van der Waals surface area (Å²) < 4.78 is 5.65. The fourth-order valence-electron chi connectivity index (χ4n) is 1.81. The number of ether oxygens (including phenoxy) is 1. The summed E-state index contributed by atoms with van der Waals surface area (Å²) >= 11 is 0. The molecule has 0 saturated carbocycles. The molecule has 1 fully saturated rings. The SMILES string of the molecule is CCCN(C(=O)COC1(C)CNC1)C(C)C. The van der Waals surface area contributed by atoms with E-state index in [1.165, 1.54) is 0 Å². The van der Waals surface area contributed by atoms with E-state index in [4.69, 9.17) is 4.74 Å². The molecule has 0 aromatic carbocycles. The molecule has 4 heteroatoms. The van der Waals surface area contributed by atoms with Crippen LogP contribution in [-0.4, -0.2) is 48.7 Å². The maximum Gasteiger partial charge on any atom is 0.248 e. The van der Waals surface area contributed by atoms with Gasteiger partial charge in [-0.15, -0.1) is 0 Å². The van der Waals surface area contributed by atoms with Crippen LogP contribution in [0.1, 0.15) is 34.1 Å². The highest BCUT2D eigenvalue weighted by molar-refractivity contribution is 5.77. The molecule has 1 N–H and O–H groups in total. The second-order valence-electron chi connectivity index (χ2n) is 5.02. The molecule has 0 unspecified atom stereocenters. The van der Waals surface area contributed by atoms with Gasteiger partial charge in [-0.3, -0.25) is 4.79 Å². The van der Waals surface area contributed by atoms with Gasteiger partial charge >= 0.3 is 0 Å². The molecule has 4 nitrogen and oxygen atoms in total. The molecule has 1 aliphatic heterocycles. The van der Waals surface area contributed by atoms with Crippen molar-refractivity contribution in [3.63, 3.8) is 0 Å². The van der Waals surface area contributed by atoms with Gasteiger partial charge in [0.25, 0.3) is 0 Å². The lowest BCUT2D eigenvalue weighted by atomic mass is 10.0. The molecule has 0 aliphatic carbocycles. The topological polar surface area (TPSA) is 41.6 Å². The summed E-state index contributed by atoms with van der Waals surface area (Å²) in [5.74, 6) is 0.102. The van der Waals surface area contributed by atoms with Crippen molar-refractivity contribution < 1.29 is 9.53 Å². The van der Waals surface area contributed by atoms with Crippen LogP contribution in [0.2, 0.25) is 0 Å². The number of hydrogen-bond donors (Lipinski definition) is 1. The number of nitrogens with zero attached hydrogens (tertiary/aromatic N) is 1. The van der Waals surface area contributed by atoms with E-state index >= 15 is 0 Å². The normalized spacial score (nSPS) is 18.3. The number of amides is 1. The zero-order valence-electron chi connectivity index (χ0n) is 10.9. The second-order valence-corrected chi connectivity index (χ2v) is 5.02. The Labute approximate surface area is 98.3 Å². The van der Waals surface area contributed by atoms with Gasteiger partial charge in [0, 0.05) is 25.7 Å². The second kappa shape index (κ2) is 5.64. The molecule has 0 radical (unpaired) electrons. The van der Waals surface area contributed by atoms with Crippen LogP contribution >= 0.6 is 0 Å². The van der Waals surface area contributed by atoms with Gasteiger partial charge < -0.3 is 15.0 Å². The van der Waals surface area contributed by atoms with Crippen molar-refractivity contribution in [2.45, 2.75) is 45.8 Å². The summed E-state index contributed by atoms with van der Waals surface area (Å²) in [6.45, 7) is 10.9. The first kappa shape index (κ1) is 13.5. The summed E-state index contributed by atoms with van der Waals surface area (Å²) in [5.41, 5.74) is -0.134. The van der Waals surface area contributed by atoms with E-state index in [1.54, 1.807) is 0 Å². The van der Waals surface area contributed by atoms with Crippen molar-refractivity contribution in [3.05, 3.63) is 0 Å². The fourth-order valence-corrected chi connectivity index (χ4v) is 1.81. The minimum Gasteiger partial charge on any atom is -0.363 e. The predicted molar refractivity (Wildman–Crippen MR) is 64.4 cm³/mol. The number of hydrogen-bond acceptors (Lipinski definition) is 3. The maximum atomic E-state index is 11.9. The first-order chi connectivity index (χ1) is 7.48. The molecule has 16 heavy (non-hydrogen) atoms. The van der Waals surface area contributed by atoms with Crippen molar-refractivity contribution in [2.75, 3.05) is 26.2 Å². The van der Waals surface area contributed by atoms with Gasteiger partial charge in [0.1, 0.15) is 6.61 Å². The van der Waals surface area contributed by atoms with E-state index in [0.717, 1.165) is 26.1 Å². The molecule has 1 saturated heterocycles. The van der Waals surface area contributed by atoms with Gasteiger partial charge in [-0.2, -0.15) is 0 Å². The summed E-state index contributed by atoms with van der Waals surface area (Å²) in [7, 11) is 0. The van der Waals surface area contributed by atoms with Crippen molar-refractivity contribution in [1.29, 1.82) is 0 Å². The monoisotopic (exact) mass is 228 g/mol. The van der Waals surface area contributed by atoms with Gasteiger partial charge in [-0.1, -0.05) is 6.92 Å². The van der Waals surface area contributed by atoms with Gasteiger partial charge in [0.15, 0.2) is 0 Å². The van der Waals surface area contributed by atoms with E-state index in [-0.39, 0.29) is 24.2 Å². The number of carbonyl (C=O) groups is 1. The van der Waals surface area contributed by atoms with E-state index in [0.29, 0.717) is 0 Å². The summed E-state index contributed by atoms with van der Waals surface area (Å²) in [4.78, 5) is 13.8. The van der Waals surface area contributed by atoms with E-state index in [9.17, 15) is 4.79 Å². The fraction of sp³-hybridized carbons (Fsp3) is 0.917. The molecule has 94 valence electrons. The van der Waals surface area contributed by atoms with Crippen molar-refractivity contribution in [3.8, 4) is 0 Å². The number of rotatable bonds is 6. The standard InChI is InChI=1S/C12H24N2O2/c1-5-6-14(10(2)3)11(15)7-16-12(4)8-13-9-12/h10,13H,5-9H2,1-4H3. The zero-order chi connectivity index (χ0) is 12.2. The Morgan fingerprint density at radius 2 is 2.12 bits per heavy atom. The Hall–Kier alpha value is -0.610. The molecule has 1 rings (SSSR count). The first-order valence-electron chi connectivity index (χ1n) is 6.12. The van der Waals surface area contributed by atoms with E-state index < -0.39 is 0 Å². The van der Waals surface area contributed by atoms with Crippen LogP contribution in [-0.2, 0) is 9.53 Å². The van der Waals surface area contributed by atoms with Crippen LogP contribution in [0.15, 0.2) is 0 Å². The van der Waals surface area contributed by atoms with Crippen LogP contribution < -0.4 is 5.32 Å². The molecule has 0 spiro atoms. The molecular weight excluding hydrogens is 204 g/mol. The maximum absolute atomic E-state index is 11.9. The largest absolute Gasteiger partial charge is 0.363 e. The van der Waals surface area contributed by atoms with Gasteiger partial charge in [-0.05, 0) is 27.2 Å². The number of nitrogens with one attached hydrogen (secondary N) is 1. The third-order valence-corrected chi connectivity index (χ3v) is 2.95. The highest BCUT2D eigenvalue weighted by Gasteiger charge is 2.33. The smallest absolute Gasteiger partial charge is 0.248 e. The van der Waals surface area contributed by atoms with Gasteiger partial charge in [0.2, 0.25) is 5.91 Å². The van der Waals surface area contributed by atoms with Gasteiger partial charge in [-0.25, -0.2) is 0 Å². The van der Waals surface area contributed by atoms with E-state index in [2.05, 4.69) is 12.2 Å². The highest BCUT2D eigenvalue weighted by Crippen LogP contribution is 2.15. The highest BCUT2D eigenvalue weighted by atomic mass is 16.5. The molecule has 0 aromatic heterocycles. The molecule has 1 heterocycles. The lowest BCUT2D eigenvalue weighted by Crippen LogP contribution is -2.59. The molecule has 0 bridgehead atoms. The minimum atomic E-state index is -0.134. The summed E-state index contributed by atoms with van der Waals surface area (Å²) in [5, 5.41) is 3.15. The third-order valence-electron chi connectivity index (χ3n) is 2.95. The summed E-state index contributed by atoms with van der Waals surface area (Å²) in [6, 6.07) is 0.253. The van der Waals surface area contributed by atoms with Crippen LogP contribution in [0.5, 0.6) is 0 Å². The van der Waals surface area contributed by atoms with Crippen LogP contribution in [0, 0.1) is 0 Å². The minimum absolute atomic E-state index is 0.102. The van der Waals surface area contributed by atoms with Crippen molar-refractivity contribution in [1.82, 2.24) is 10.2 Å². The van der Waals surface area contributed by atoms with Crippen molar-refractivity contribution in [2.24, 2.45) is 0 Å². The average Bonchev–Trinajstić information content (AvgIpc) is 2.19. The Bertz CT molecular complexity index is 237. The molecule has 1 aliphatic rings. The first-order valence-corrected chi connectivity index (χ1v) is 6.12. The summed E-state index contributed by atoms with van der Waals surface area (Å²) in [6.07, 6.45) is 0.989. The molecule has 0 atom stereocenters. The zero-order valence-corrected chi connectivity index (χ0v) is 10.9. The van der Waals surface area contributed by atoms with E-state index in [1.807, 2.05) is 25.7 Å². The predicted octanol–water partition coefficient (Wildman–Crippen LogP) is 1.01. The number of carbonyl (C=O) groups excluding carboxylic acids is 1. The molecule has 0 aromatic rings. The average molecular weight is 228 g/mol.